The Morgan fingerprint density at radius 1 is 1.07 bits per heavy atom. The lowest BCUT2D eigenvalue weighted by atomic mass is 9.95. The Morgan fingerprint density at radius 2 is 1.59 bits per heavy atom. The molecular formula is C19H32ClN3O3S. The van der Waals surface area contributed by atoms with Crippen molar-refractivity contribution in [3.63, 3.8) is 0 Å². The lowest BCUT2D eigenvalue weighted by molar-refractivity contribution is -0.126. The van der Waals surface area contributed by atoms with Crippen molar-refractivity contribution in [2.24, 2.45) is 11.7 Å². The van der Waals surface area contributed by atoms with Crippen molar-refractivity contribution < 1.29 is 13.2 Å². The molecule has 0 saturated carbocycles. The van der Waals surface area contributed by atoms with E-state index in [4.69, 9.17) is 5.73 Å². The summed E-state index contributed by atoms with van der Waals surface area (Å²) in [7, 11) is -3.64. The highest BCUT2D eigenvalue weighted by atomic mass is 35.5. The predicted octanol–water partition coefficient (Wildman–Crippen LogP) is 2.13. The van der Waals surface area contributed by atoms with Gasteiger partial charge in [0.1, 0.15) is 0 Å². The Morgan fingerprint density at radius 3 is 2.11 bits per heavy atom. The number of carbonyl (C=O) groups excluding carboxylic acids is 1. The van der Waals surface area contributed by atoms with Crippen LogP contribution in [0.3, 0.4) is 0 Å². The molecule has 1 fully saturated rings. The Balaban J connectivity index is 0.00000364. The van der Waals surface area contributed by atoms with Crippen molar-refractivity contribution in [3.8, 4) is 0 Å². The van der Waals surface area contributed by atoms with Crippen molar-refractivity contribution in [2.75, 3.05) is 26.2 Å². The van der Waals surface area contributed by atoms with Crippen LogP contribution in [0.2, 0.25) is 0 Å². The maximum absolute atomic E-state index is 13.4. The molecule has 8 heteroatoms. The summed E-state index contributed by atoms with van der Waals surface area (Å²) in [5.41, 5.74) is 10.2. The van der Waals surface area contributed by atoms with Crippen LogP contribution in [0.15, 0.2) is 4.90 Å². The number of nitrogens with one attached hydrogen (secondary N) is 1. The molecule has 3 N–H and O–H groups in total. The van der Waals surface area contributed by atoms with E-state index in [2.05, 4.69) is 5.32 Å². The fourth-order valence-electron chi connectivity index (χ4n) is 3.70. The zero-order chi connectivity index (χ0) is 19.6. The molecule has 0 aromatic heterocycles. The van der Waals surface area contributed by atoms with Gasteiger partial charge >= 0.3 is 0 Å². The van der Waals surface area contributed by atoms with Crippen LogP contribution < -0.4 is 11.1 Å². The minimum atomic E-state index is -3.64. The SMILES string of the molecule is Cc1c(C)c(C)c(S(=O)(=O)N2CCCC(C(=O)NCCN)C2)c(C)c1C.Cl. The zero-order valence-electron chi connectivity index (χ0n) is 16.9. The highest BCUT2D eigenvalue weighted by Crippen LogP contribution is 2.33. The molecule has 1 heterocycles. The van der Waals surface area contributed by atoms with E-state index in [1.54, 1.807) is 0 Å². The normalized spacial score (nSPS) is 18.1. The first kappa shape index (κ1) is 23.9. The minimum absolute atomic E-state index is 0. The summed E-state index contributed by atoms with van der Waals surface area (Å²) in [6.07, 6.45) is 1.38. The summed E-state index contributed by atoms with van der Waals surface area (Å²) >= 11 is 0. The van der Waals surface area contributed by atoms with Gasteiger partial charge in [0.15, 0.2) is 0 Å². The summed E-state index contributed by atoms with van der Waals surface area (Å²) < 4.78 is 28.3. The van der Waals surface area contributed by atoms with Crippen molar-refractivity contribution >= 4 is 28.3 Å². The van der Waals surface area contributed by atoms with Gasteiger partial charge in [-0.2, -0.15) is 4.31 Å². The van der Waals surface area contributed by atoms with E-state index in [0.717, 1.165) is 27.8 Å². The van der Waals surface area contributed by atoms with Crippen molar-refractivity contribution in [1.29, 1.82) is 0 Å². The van der Waals surface area contributed by atoms with E-state index in [0.29, 0.717) is 37.4 Å². The minimum Gasteiger partial charge on any atom is -0.355 e. The number of benzene rings is 1. The second-order valence-corrected chi connectivity index (χ2v) is 9.11. The first-order valence-electron chi connectivity index (χ1n) is 9.17. The monoisotopic (exact) mass is 417 g/mol. The van der Waals surface area contributed by atoms with Crippen LogP contribution in [0.5, 0.6) is 0 Å². The maximum atomic E-state index is 13.4. The first-order chi connectivity index (χ1) is 12.1. The topological polar surface area (TPSA) is 92.5 Å². The molecule has 1 saturated heterocycles. The van der Waals surface area contributed by atoms with Gasteiger partial charge < -0.3 is 11.1 Å². The molecule has 0 radical (unpaired) electrons. The number of hydrogen-bond acceptors (Lipinski definition) is 4. The van der Waals surface area contributed by atoms with Crippen LogP contribution in [-0.2, 0) is 14.8 Å². The molecule has 27 heavy (non-hydrogen) atoms. The number of amides is 1. The van der Waals surface area contributed by atoms with Gasteiger partial charge in [-0.3, -0.25) is 4.79 Å². The Bertz CT molecular complexity index is 780. The molecule has 1 aliphatic rings. The second-order valence-electron chi connectivity index (χ2n) is 7.24. The first-order valence-corrected chi connectivity index (χ1v) is 10.6. The van der Waals surface area contributed by atoms with Gasteiger partial charge in [-0.25, -0.2) is 8.42 Å². The summed E-state index contributed by atoms with van der Waals surface area (Å²) in [6, 6.07) is 0. The van der Waals surface area contributed by atoms with Crippen LogP contribution in [-0.4, -0.2) is 44.8 Å². The Kier molecular flexibility index (Phi) is 8.29. The van der Waals surface area contributed by atoms with Crippen molar-refractivity contribution in [3.05, 3.63) is 27.8 Å². The smallest absolute Gasteiger partial charge is 0.243 e. The fraction of sp³-hybridized carbons (Fsp3) is 0.632. The third kappa shape index (κ3) is 4.65. The molecule has 1 unspecified atom stereocenters. The Labute approximate surface area is 169 Å². The second kappa shape index (κ2) is 9.37. The van der Waals surface area contributed by atoms with Crippen LogP contribution >= 0.6 is 12.4 Å². The van der Waals surface area contributed by atoms with E-state index in [1.165, 1.54) is 4.31 Å². The molecular weight excluding hydrogens is 386 g/mol. The average molecular weight is 418 g/mol. The number of hydrogen-bond donors (Lipinski definition) is 2. The highest BCUT2D eigenvalue weighted by Gasteiger charge is 2.35. The van der Waals surface area contributed by atoms with Crippen molar-refractivity contribution in [1.82, 2.24) is 9.62 Å². The molecule has 0 spiro atoms. The van der Waals surface area contributed by atoms with Gasteiger partial charge in [0.05, 0.1) is 10.8 Å². The number of carbonyl (C=O) groups is 1. The quantitative estimate of drug-likeness (QED) is 0.767. The van der Waals surface area contributed by atoms with Gasteiger partial charge in [-0.05, 0) is 75.3 Å². The summed E-state index contributed by atoms with van der Waals surface area (Å²) in [4.78, 5) is 12.7. The summed E-state index contributed by atoms with van der Waals surface area (Å²) in [6.45, 7) is 11.2. The molecule has 2 rings (SSSR count). The number of nitrogens with two attached hydrogens (primary N) is 1. The number of piperidine rings is 1. The van der Waals surface area contributed by atoms with Gasteiger partial charge in [-0.1, -0.05) is 0 Å². The third-order valence-corrected chi connectivity index (χ3v) is 7.87. The zero-order valence-corrected chi connectivity index (χ0v) is 18.5. The van der Waals surface area contributed by atoms with Crippen LogP contribution in [0, 0.1) is 40.5 Å². The number of sulfonamides is 1. The molecule has 1 aromatic carbocycles. The third-order valence-electron chi connectivity index (χ3n) is 5.73. The van der Waals surface area contributed by atoms with Gasteiger partial charge in [0, 0.05) is 26.2 Å². The summed E-state index contributed by atoms with van der Waals surface area (Å²) in [5.74, 6) is -0.432. The number of nitrogens with zero attached hydrogens (tertiary/aromatic N) is 1. The lowest BCUT2D eigenvalue weighted by Crippen LogP contribution is -2.46. The molecule has 0 bridgehead atoms. The van der Waals surface area contributed by atoms with Crippen LogP contribution in [0.25, 0.3) is 0 Å². The van der Waals surface area contributed by atoms with Gasteiger partial charge in [0.2, 0.25) is 15.9 Å². The Hall–Kier alpha value is -1.15. The molecule has 1 atom stereocenters. The average Bonchev–Trinajstić information content (AvgIpc) is 2.62. The molecule has 154 valence electrons. The van der Waals surface area contributed by atoms with E-state index in [1.807, 2.05) is 34.6 Å². The number of rotatable bonds is 5. The standard InChI is InChI=1S/C19H31N3O3S.ClH/c1-12-13(2)15(4)18(16(5)14(12)3)26(24,25)22-10-6-7-17(11-22)19(23)21-9-8-20;/h17H,6-11,20H2,1-5H3,(H,21,23);1H. The molecule has 1 aromatic rings. The van der Waals surface area contributed by atoms with Crippen LogP contribution in [0.4, 0.5) is 0 Å². The van der Waals surface area contributed by atoms with E-state index in [9.17, 15) is 13.2 Å². The van der Waals surface area contributed by atoms with Gasteiger partial charge in [0.25, 0.3) is 0 Å². The largest absolute Gasteiger partial charge is 0.355 e. The van der Waals surface area contributed by atoms with E-state index >= 15 is 0 Å². The van der Waals surface area contributed by atoms with Crippen molar-refractivity contribution in [2.45, 2.75) is 52.4 Å². The molecule has 0 aliphatic carbocycles. The molecule has 1 amide bonds. The lowest BCUT2D eigenvalue weighted by Gasteiger charge is -2.32. The van der Waals surface area contributed by atoms with Gasteiger partial charge in [-0.15, -0.1) is 12.4 Å². The maximum Gasteiger partial charge on any atom is 0.243 e. The summed E-state index contributed by atoms with van der Waals surface area (Å²) in [5, 5.41) is 2.78. The predicted molar refractivity (Wildman–Crippen MR) is 111 cm³/mol. The molecule has 1 aliphatic heterocycles. The fourth-order valence-corrected chi connectivity index (χ4v) is 5.78. The number of halogens is 1. The van der Waals surface area contributed by atoms with E-state index < -0.39 is 10.0 Å². The molecule has 6 nitrogen and oxygen atoms in total. The van der Waals surface area contributed by atoms with E-state index in [-0.39, 0.29) is 30.8 Å². The van der Waals surface area contributed by atoms with Crippen LogP contribution in [0.1, 0.15) is 40.7 Å². The highest BCUT2D eigenvalue weighted by molar-refractivity contribution is 7.89.